The first-order valence-electron chi connectivity index (χ1n) is 9.89. The molecule has 2 aromatic carbocycles. The second-order valence-electron chi connectivity index (χ2n) is 7.43. The molecular weight excluding hydrogens is 372 g/mol. The van der Waals surface area contributed by atoms with E-state index in [-0.39, 0.29) is 18.4 Å². The molecule has 150 valence electrons. The summed E-state index contributed by atoms with van der Waals surface area (Å²) in [5.41, 5.74) is 1.06. The van der Waals surface area contributed by atoms with Crippen LogP contribution in [0.1, 0.15) is 5.56 Å². The van der Waals surface area contributed by atoms with Gasteiger partial charge in [0, 0.05) is 32.6 Å². The van der Waals surface area contributed by atoms with Crippen LogP contribution in [-0.4, -0.2) is 66.6 Å². The molecule has 7 nitrogen and oxygen atoms in total. The summed E-state index contributed by atoms with van der Waals surface area (Å²) < 4.78 is 17.3. The molecule has 3 heterocycles. The minimum atomic E-state index is -0.653. The number of amides is 2. The highest BCUT2D eigenvalue weighted by molar-refractivity contribution is 5.84. The van der Waals surface area contributed by atoms with Gasteiger partial charge in [-0.3, -0.25) is 9.59 Å². The lowest BCUT2D eigenvalue weighted by molar-refractivity contribution is -0.148. The quantitative estimate of drug-likeness (QED) is 0.772. The van der Waals surface area contributed by atoms with Crippen LogP contribution in [0.15, 0.2) is 48.5 Å². The molecule has 2 amide bonds. The van der Waals surface area contributed by atoms with E-state index >= 15 is 0 Å². The predicted octanol–water partition coefficient (Wildman–Crippen LogP) is 1.50. The Labute approximate surface area is 168 Å². The summed E-state index contributed by atoms with van der Waals surface area (Å²) >= 11 is 0. The number of hydrogen-bond donors (Lipinski definition) is 0. The zero-order chi connectivity index (χ0) is 19.8. The maximum absolute atomic E-state index is 12.8. The Morgan fingerprint density at radius 1 is 0.724 bits per heavy atom. The fraction of sp³-hybridized carbons (Fsp3) is 0.364. The summed E-state index contributed by atoms with van der Waals surface area (Å²) in [4.78, 5) is 29.2. The fourth-order valence-corrected chi connectivity index (χ4v) is 4.02. The van der Waals surface area contributed by atoms with Gasteiger partial charge in [-0.2, -0.15) is 0 Å². The van der Waals surface area contributed by atoms with E-state index in [2.05, 4.69) is 0 Å². The Bertz CT molecular complexity index is 913. The molecule has 29 heavy (non-hydrogen) atoms. The van der Waals surface area contributed by atoms with Crippen molar-refractivity contribution in [1.29, 1.82) is 0 Å². The van der Waals surface area contributed by atoms with Crippen molar-refractivity contribution in [1.82, 2.24) is 9.80 Å². The Morgan fingerprint density at radius 2 is 1.28 bits per heavy atom. The highest BCUT2D eigenvalue weighted by Crippen LogP contribution is 2.32. The molecule has 0 bridgehead atoms. The molecule has 1 fully saturated rings. The van der Waals surface area contributed by atoms with E-state index in [4.69, 9.17) is 14.2 Å². The smallest absolute Gasteiger partial charge is 0.267 e. The van der Waals surface area contributed by atoms with Gasteiger partial charge in [0.25, 0.3) is 11.8 Å². The van der Waals surface area contributed by atoms with E-state index in [0.29, 0.717) is 44.1 Å². The van der Waals surface area contributed by atoms with Crippen molar-refractivity contribution in [2.75, 3.05) is 32.8 Å². The molecule has 0 aromatic heterocycles. The number of carbonyl (C=O) groups is 2. The van der Waals surface area contributed by atoms with Gasteiger partial charge in [-0.1, -0.05) is 30.3 Å². The van der Waals surface area contributed by atoms with E-state index in [1.54, 1.807) is 15.9 Å². The molecule has 7 heteroatoms. The average molecular weight is 394 g/mol. The number of para-hydroxylation sites is 3. The summed E-state index contributed by atoms with van der Waals surface area (Å²) in [5, 5.41) is 0. The van der Waals surface area contributed by atoms with Gasteiger partial charge >= 0.3 is 0 Å². The van der Waals surface area contributed by atoms with E-state index in [9.17, 15) is 9.59 Å². The molecule has 0 N–H and O–H groups in total. The number of ether oxygens (including phenoxy) is 3. The maximum atomic E-state index is 12.8. The number of rotatable bonds is 2. The molecule has 0 saturated carbocycles. The predicted molar refractivity (Wildman–Crippen MR) is 104 cm³/mol. The average Bonchev–Trinajstić information content (AvgIpc) is 3.22. The van der Waals surface area contributed by atoms with Gasteiger partial charge in [0.1, 0.15) is 12.4 Å². The topological polar surface area (TPSA) is 68.3 Å². The van der Waals surface area contributed by atoms with Gasteiger partial charge in [0.05, 0.1) is 0 Å². The summed E-state index contributed by atoms with van der Waals surface area (Å²) in [6.07, 6.45) is -0.526. The fourth-order valence-electron chi connectivity index (χ4n) is 4.02. The lowest BCUT2D eigenvalue weighted by Crippen LogP contribution is -2.56. The molecule has 3 aliphatic heterocycles. The number of nitrogens with zero attached hydrogens (tertiary/aromatic N) is 2. The summed E-state index contributed by atoms with van der Waals surface area (Å²) in [5.74, 6) is 1.92. The van der Waals surface area contributed by atoms with Crippen LogP contribution in [0.25, 0.3) is 0 Å². The maximum Gasteiger partial charge on any atom is 0.267 e. The van der Waals surface area contributed by atoms with Crippen LogP contribution in [0.2, 0.25) is 0 Å². The first kappa shape index (κ1) is 17.8. The largest absolute Gasteiger partial charge is 0.485 e. The molecule has 1 saturated heterocycles. The third kappa shape index (κ3) is 3.37. The normalized spacial score (nSPS) is 22.6. The number of hydrogen-bond acceptors (Lipinski definition) is 5. The van der Waals surface area contributed by atoms with Gasteiger partial charge in [0.15, 0.2) is 17.6 Å². The molecular formula is C22H22N2O5. The third-order valence-electron chi connectivity index (χ3n) is 5.61. The highest BCUT2D eigenvalue weighted by Gasteiger charge is 2.36. The van der Waals surface area contributed by atoms with Crippen molar-refractivity contribution in [3.05, 3.63) is 54.1 Å². The summed E-state index contributed by atoms with van der Waals surface area (Å²) in [6.45, 7) is 2.14. The van der Waals surface area contributed by atoms with Crippen molar-refractivity contribution < 1.29 is 23.8 Å². The minimum Gasteiger partial charge on any atom is -0.485 e. The Balaban J connectivity index is 1.16. The van der Waals surface area contributed by atoms with E-state index in [0.717, 1.165) is 11.3 Å². The summed E-state index contributed by atoms with van der Waals surface area (Å²) in [6, 6.07) is 15.1. The molecule has 0 unspecified atom stereocenters. The first-order chi connectivity index (χ1) is 14.2. The SMILES string of the molecule is O=C([C@H]1Cc2ccccc2O1)N1CCN(C(=O)[C@H]2COc3ccccc3O2)CC1. The minimum absolute atomic E-state index is 0.0144. The standard InChI is InChI=1S/C22H22N2O5/c25-21(19-13-15-5-1-2-6-16(15)28-19)23-9-11-24(12-10-23)22(26)20-14-27-17-7-3-4-8-18(17)29-20/h1-8,19-20H,9-14H2/t19-,20-/m1/s1. The second kappa shape index (κ2) is 7.31. The number of fused-ring (bicyclic) bond motifs is 2. The summed E-state index contributed by atoms with van der Waals surface area (Å²) in [7, 11) is 0. The van der Waals surface area contributed by atoms with Gasteiger partial charge in [0.2, 0.25) is 6.10 Å². The molecule has 3 aliphatic rings. The Morgan fingerprint density at radius 3 is 1.97 bits per heavy atom. The molecule has 2 aromatic rings. The van der Waals surface area contributed by atoms with Crippen LogP contribution >= 0.6 is 0 Å². The lowest BCUT2D eigenvalue weighted by Gasteiger charge is -2.37. The zero-order valence-corrected chi connectivity index (χ0v) is 16.0. The lowest BCUT2D eigenvalue weighted by atomic mass is 10.1. The second-order valence-corrected chi connectivity index (χ2v) is 7.43. The van der Waals surface area contributed by atoms with Gasteiger partial charge in [-0.05, 0) is 23.8 Å². The van der Waals surface area contributed by atoms with Crippen LogP contribution in [0, 0.1) is 0 Å². The van der Waals surface area contributed by atoms with Gasteiger partial charge < -0.3 is 24.0 Å². The van der Waals surface area contributed by atoms with E-state index in [1.807, 2.05) is 42.5 Å². The van der Waals surface area contributed by atoms with Crippen LogP contribution in [0.4, 0.5) is 0 Å². The van der Waals surface area contributed by atoms with Gasteiger partial charge in [-0.25, -0.2) is 0 Å². The van der Waals surface area contributed by atoms with Crippen molar-refractivity contribution in [3.8, 4) is 17.2 Å². The van der Waals surface area contributed by atoms with Crippen LogP contribution in [-0.2, 0) is 16.0 Å². The zero-order valence-electron chi connectivity index (χ0n) is 16.0. The molecule has 0 spiro atoms. The van der Waals surface area contributed by atoms with Crippen LogP contribution in [0.3, 0.4) is 0 Å². The molecule has 0 aliphatic carbocycles. The van der Waals surface area contributed by atoms with E-state index in [1.165, 1.54) is 0 Å². The first-order valence-corrected chi connectivity index (χ1v) is 9.89. The molecule has 0 radical (unpaired) electrons. The third-order valence-corrected chi connectivity index (χ3v) is 5.61. The Kier molecular flexibility index (Phi) is 4.50. The van der Waals surface area contributed by atoms with Crippen LogP contribution in [0.5, 0.6) is 17.2 Å². The molecule has 5 rings (SSSR count). The van der Waals surface area contributed by atoms with Crippen molar-refractivity contribution in [3.63, 3.8) is 0 Å². The number of benzene rings is 2. The van der Waals surface area contributed by atoms with Gasteiger partial charge in [-0.15, -0.1) is 0 Å². The van der Waals surface area contributed by atoms with Crippen molar-refractivity contribution in [2.45, 2.75) is 18.6 Å². The monoisotopic (exact) mass is 394 g/mol. The Hall–Kier alpha value is -3.22. The molecule has 2 atom stereocenters. The number of carbonyl (C=O) groups excluding carboxylic acids is 2. The van der Waals surface area contributed by atoms with E-state index < -0.39 is 12.2 Å². The van der Waals surface area contributed by atoms with Crippen LogP contribution < -0.4 is 14.2 Å². The van der Waals surface area contributed by atoms with Crippen molar-refractivity contribution in [2.24, 2.45) is 0 Å². The number of piperazine rings is 1. The highest BCUT2D eigenvalue weighted by atomic mass is 16.6. The van der Waals surface area contributed by atoms with Crippen molar-refractivity contribution >= 4 is 11.8 Å².